The monoisotopic (exact) mass is 304 g/mol. The highest BCUT2D eigenvalue weighted by Gasteiger charge is 2.42. The molecule has 0 N–H and O–H groups in total. The summed E-state index contributed by atoms with van der Waals surface area (Å²) < 4.78 is 20.4. The standard InChI is InChI=1S/C14H24O7/c1-5-18-12(16)10(9-15)11(13(17)19-6-2)14(20-7-3)21-8-4/h9-11,14H,5-8H2,1-4H3. The number of hydrogen-bond donors (Lipinski definition) is 0. The molecule has 0 heterocycles. The van der Waals surface area contributed by atoms with Crippen molar-refractivity contribution in [1.82, 2.24) is 0 Å². The van der Waals surface area contributed by atoms with Crippen LogP contribution in [0.2, 0.25) is 0 Å². The molecular weight excluding hydrogens is 280 g/mol. The third kappa shape index (κ3) is 6.22. The van der Waals surface area contributed by atoms with Gasteiger partial charge in [0.05, 0.1) is 13.2 Å². The van der Waals surface area contributed by atoms with Gasteiger partial charge in [0, 0.05) is 13.2 Å². The van der Waals surface area contributed by atoms with Crippen molar-refractivity contribution in [2.75, 3.05) is 26.4 Å². The molecule has 0 amide bonds. The molecule has 7 heteroatoms. The van der Waals surface area contributed by atoms with Crippen molar-refractivity contribution in [1.29, 1.82) is 0 Å². The number of carbonyl (C=O) groups excluding carboxylic acids is 3. The molecule has 0 aliphatic rings. The molecule has 0 aromatic heterocycles. The van der Waals surface area contributed by atoms with Crippen LogP contribution in [0.4, 0.5) is 0 Å². The minimum atomic E-state index is -1.33. The van der Waals surface area contributed by atoms with Gasteiger partial charge in [0.15, 0.2) is 6.29 Å². The first-order valence-electron chi connectivity index (χ1n) is 7.08. The van der Waals surface area contributed by atoms with Gasteiger partial charge < -0.3 is 23.7 Å². The largest absolute Gasteiger partial charge is 0.466 e. The van der Waals surface area contributed by atoms with Crippen molar-refractivity contribution in [3.63, 3.8) is 0 Å². The fourth-order valence-corrected chi connectivity index (χ4v) is 1.77. The summed E-state index contributed by atoms with van der Waals surface area (Å²) in [6.45, 7) is 7.42. The Hall–Kier alpha value is -1.47. The van der Waals surface area contributed by atoms with Gasteiger partial charge in [-0.3, -0.25) is 9.59 Å². The van der Waals surface area contributed by atoms with E-state index in [-0.39, 0.29) is 26.4 Å². The van der Waals surface area contributed by atoms with Crippen LogP contribution in [-0.4, -0.2) is 50.9 Å². The third-order valence-corrected chi connectivity index (χ3v) is 2.61. The second-order valence-electron chi connectivity index (χ2n) is 3.97. The molecule has 0 aromatic rings. The summed E-state index contributed by atoms with van der Waals surface area (Å²) >= 11 is 0. The van der Waals surface area contributed by atoms with Crippen molar-refractivity contribution in [3.05, 3.63) is 0 Å². The van der Waals surface area contributed by atoms with Crippen LogP contribution in [0.5, 0.6) is 0 Å². The summed E-state index contributed by atoms with van der Waals surface area (Å²) in [5.74, 6) is -4.04. The fourth-order valence-electron chi connectivity index (χ4n) is 1.77. The predicted octanol–water partition coefficient (Wildman–Crippen LogP) is 0.943. The normalized spacial score (nSPS) is 13.6. The van der Waals surface area contributed by atoms with Gasteiger partial charge in [-0.2, -0.15) is 0 Å². The van der Waals surface area contributed by atoms with Crippen LogP contribution in [0.25, 0.3) is 0 Å². The van der Waals surface area contributed by atoms with Gasteiger partial charge in [0.1, 0.15) is 18.1 Å². The first-order valence-corrected chi connectivity index (χ1v) is 7.08. The molecule has 0 radical (unpaired) electrons. The van der Waals surface area contributed by atoms with E-state index < -0.39 is 30.1 Å². The van der Waals surface area contributed by atoms with E-state index in [0.717, 1.165) is 0 Å². The Kier molecular flexibility index (Phi) is 10.4. The Labute approximate surface area is 124 Å². The fraction of sp³-hybridized carbons (Fsp3) is 0.786. The lowest BCUT2D eigenvalue weighted by atomic mass is 9.92. The summed E-state index contributed by atoms with van der Waals surface area (Å²) in [4.78, 5) is 35.2. The molecule has 0 bridgehead atoms. The first-order chi connectivity index (χ1) is 10.1. The third-order valence-electron chi connectivity index (χ3n) is 2.61. The van der Waals surface area contributed by atoms with Crippen LogP contribution in [0.15, 0.2) is 0 Å². The number of hydrogen-bond acceptors (Lipinski definition) is 7. The minimum absolute atomic E-state index is 0.104. The van der Waals surface area contributed by atoms with Crippen LogP contribution < -0.4 is 0 Å². The molecule has 0 aromatic carbocycles. The molecule has 0 saturated carbocycles. The summed E-state index contributed by atoms with van der Waals surface area (Å²) in [5, 5.41) is 0. The van der Waals surface area contributed by atoms with Gasteiger partial charge in [-0.25, -0.2) is 0 Å². The maximum Gasteiger partial charge on any atom is 0.317 e. The molecule has 2 atom stereocenters. The number of carbonyl (C=O) groups is 3. The Morgan fingerprint density at radius 3 is 1.71 bits per heavy atom. The molecule has 0 fully saturated rings. The number of rotatable bonds is 11. The maximum atomic E-state index is 12.1. The number of aldehydes is 1. The Morgan fingerprint density at radius 1 is 0.857 bits per heavy atom. The Morgan fingerprint density at radius 2 is 1.33 bits per heavy atom. The summed E-state index contributed by atoms with van der Waals surface area (Å²) in [5.41, 5.74) is 0. The Bertz CT molecular complexity index is 323. The highest BCUT2D eigenvalue weighted by molar-refractivity contribution is 5.93. The van der Waals surface area contributed by atoms with Gasteiger partial charge >= 0.3 is 11.9 Å². The van der Waals surface area contributed by atoms with E-state index in [9.17, 15) is 14.4 Å². The lowest BCUT2D eigenvalue weighted by Gasteiger charge is -2.27. The first kappa shape index (κ1) is 19.5. The molecule has 122 valence electrons. The lowest BCUT2D eigenvalue weighted by molar-refractivity contribution is -0.201. The molecule has 0 aliphatic carbocycles. The van der Waals surface area contributed by atoms with Crippen molar-refractivity contribution < 1.29 is 33.3 Å². The molecule has 0 spiro atoms. The summed E-state index contributed by atoms with van der Waals surface area (Å²) in [6, 6.07) is 0. The van der Waals surface area contributed by atoms with Crippen molar-refractivity contribution >= 4 is 18.2 Å². The van der Waals surface area contributed by atoms with E-state index in [1.807, 2.05) is 0 Å². The molecular formula is C14H24O7. The van der Waals surface area contributed by atoms with Gasteiger partial charge in [0.25, 0.3) is 0 Å². The second-order valence-corrected chi connectivity index (χ2v) is 3.97. The lowest BCUT2D eigenvalue weighted by Crippen LogP contribution is -2.43. The topological polar surface area (TPSA) is 88.1 Å². The van der Waals surface area contributed by atoms with Crippen molar-refractivity contribution in [2.45, 2.75) is 34.0 Å². The van der Waals surface area contributed by atoms with Crippen molar-refractivity contribution in [2.24, 2.45) is 11.8 Å². The van der Waals surface area contributed by atoms with E-state index in [2.05, 4.69) is 0 Å². The van der Waals surface area contributed by atoms with E-state index in [1.165, 1.54) is 0 Å². The second kappa shape index (κ2) is 11.2. The van der Waals surface area contributed by atoms with Gasteiger partial charge in [-0.15, -0.1) is 0 Å². The van der Waals surface area contributed by atoms with E-state index >= 15 is 0 Å². The minimum Gasteiger partial charge on any atom is -0.466 e. The predicted molar refractivity (Wildman–Crippen MR) is 73.4 cm³/mol. The van der Waals surface area contributed by atoms with E-state index in [4.69, 9.17) is 18.9 Å². The number of ether oxygens (including phenoxy) is 4. The van der Waals surface area contributed by atoms with E-state index in [0.29, 0.717) is 6.29 Å². The van der Waals surface area contributed by atoms with Crippen LogP contribution in [-0.2, 0) is 33.3 Å². The molecule has 2 unspecified atom stereocenters. The van der Waals surface area contributed by atoms with E-state index in [1.54, 1.807) is 27.7 Å². The highest BCUT2D eigenvalue weighted by Crippen LogP contribution is 2.22. The summed E-state index contributed by atoms with van der Waals surface area (Å²) in [7, 11) is 0. The molecule has 0 rings (SSSR count). The number of esters is 2. The summed E-state index contributed by atoms with van der Waals surface area (Å²) in [6.07, 6.45) is -0.677. The van der Waals surface area contributed by atoms with Crippen LogP contribution in [0, 0.1) is 11.8 Å². The Balaban J connectivity index is 5.37. The molecule has 7 nitrogen and oxygen atoms in total. The van der Waals surface area contributed by atoms with Gasteiger partial charge in [-0.1, -0.05) is 0 Å². The average Bonchev–Trinajstić information content (AvgIpc) is 2.44. The zero-order valence-electron chi connectivity index (χ0n) is 13.0. The quantitative estimate of drug-likeness (QED) is 0.243. The zero-order chi connectivity index (χ0) is 16.3. The van der Waals surface area contributed by atoms with Gasteiger partial charge in [-0.05, 0) is 27.7 Å². The van der Waals surface area contributed by atoms with Crippen molar-refractivity contribution in [3.8, 4) is 0 Å². The van der Waals surface area contributed by atoms with Crippen LogP contribution in [0.3, 0.4) is 0 Å². The smallest absolute Gasteiger partial charge is 0.317 e. The van der Waals surface area contributed by atoms with Crippen LogP contribution >= 0.6 is 0 Å². The molecule has 0 saturated heterocycles. The van der Waals surface area contributed by atoms with Gasteiger partial charge in [0.2, 0.25) is 0 Å². The zero-order valence-corrected chi connectivity index (χ0v) is 13.0. The molecule has 0 aliphatic heterocycles. The van der Waals surface area contributed by atoms with Crippen LogP contribution in [0.1, 0.15) is 27.7 Å². The maximum absolute atomic E-state index is 12.1. The molecule has 21 heavy (non-hydrogen) atoms. The highest BCUT2D eigenvalue weighted by atomic mass is 16.7. The SMILES string of the molecule is CCOC(=O)C(C=O)C(C(=O)OCC)C(OCC)OCC. The average molecular weight is 304 g/mol.